The summed E-state index contributed by atoms with van der Waals surface area (Å²) in [7, 11) is 0. The second-order valence-electron chi connectivity index (χ2n) is 5.55. The zero-order chi connectivity index (χ0) is 19.4. The molecule has 2 N–H and O–H groups in total. The number of benzene rings is 2. The molecule has 2 aromatic carbocycles. The van der Waals surface area contributed by atoms with Gasteiger partial charge in [0.1, 0.15) is 0 Å². The summed E-state index contributed by atoms with van der Waals surface area (Å²) in [6.45, 7) is 1.29. The SMILES string of the molecule is CC(=O)NNC(=O)CSc1nc2ccc(Cl)cc2c(=O)n1-c1ccccc1. The number of amides is 2. The molecule has 0 spiro atoms. The van der Waals surface area contributed by atoms with E-state index in [1.807, 2.05) is 18.2 Å². The molecular formula is C18H15ClN4O3S. The molecule has 0 atom stereocenters. The van der Waals surface area contributed by atoms with E-state index in [0.717, 1.165) is 11.8 Å². The lowest BCUT2D eigenvalue weighted by atomic mass is 10.2. The van der Waals surface area contributed by atoms with Crippen LogP contribution in [0.3, 0.4) is 0 Å². The van der Waals surface area contributed by atoms with Crippen LogP contribution in [0.25, 0.3) is 16.6 Å². The fourth-order valence-corrected chi connectivity index (χ4v) is 3.35. The van der Waals surface area contributed by atoms with E-state index in [-0.39, 0.29) is 17.2 Å². The molecule has 1 aromatic heterocycles. The van der Waals surface area contributed by atoms with Crippen molar-refractivity contribution in [2.45, 2.75) is 12.1 Å². The van der Waals surface area contributed by atoms with E-state index in [2.05, 4.69) is 15.8 Å². The van der Waals surface area contributed by atoms with Gasteiger partial charge < -0.3 is 0 Å². The first-order chi connectivity index (χ1) is 13.0. The highest BCUT2D eigenvalue weighted by Crippen LogP contribution is 2.22. The third kappa shape index (κ3) is 4.47. The van der Waals surface area contributed by atoms with E-state index >= 15 is 0 Å². The van der Waals surface area contributed by atoms with E-state index in [9.17, 15) is 14.4 Å². The smallest absolute Gasteiger partial charge is 0.266 e. The number of thioether (sulfide) groups is 1. The molecule has 9 heteroatoms. The maximum Gasteiger partial charge on any atom is 0.266 e. The largest absolute Gasteiger partial charge is 0.274 e. The summed E-state index contributed by atoms with van der Waals surface area (Å²) in [5.41, 5.74) is 5.33. The minimum absolute atomic E-state index is 0.0291. The van der Waals surface area contributed by atoms with Crippen LogP contribution < -0.4 is 16.4 Å². The molecule has 0 aliphatic carbocycles. The number of fused-ring (bicyclic) bond motifs is 1. The lowest BCUT2D eigenvalue weighted by Gasteiger charge is -2.13. The van der Waals surface area contributed by atoms with Gasteiger partial charge in [0.05, 0.1) is 22.3 Å². The van der Waals surface area contributed by atoms with Gasteiger partial charge in [-0.05, 0) is 30.3 Å². The van der Waals surface area contributed by atoms with Crippen molar-refractivity contribution in [2.24, 2.45) is 0 Å². The number of nitrogens with one attached hydrogen (secondary N) is 2. The van der Waals surface area contributed by atoms with Crippen molar-refractivity contribution in [3.8, 4) is 5.69 Å². The normalized spacial score (nSPS) is 10.6. The van der Waals surface area contributed by atoms with Crippen LogP contribution in [0.15, 0.2) is 58.5 Å². The number of hydrazine groups is 1. The zero-order valence-corrected chi connectivity index (χ0v) is 15.8. The van der Waals surface area contributed by atoms with Crippen LogP contribution >= 0.6 is 23.4 Å². The van der Waals surface area contributed by atoms with Crippen LogP contribution in [0.5, 0.6) is 0 Å². The van der Waals surface area contributed by atoms with E-state index in [1.165, 1.54) is 11.5 Å². The van der Waals surface area contributed by atoms with Crippen LogP contribution in [0.1, 0.15) is 6.92 Å². The Kier molecular flexibility index (Phi) is 5.78. The van der Waals surface area contributed by atoms with Gasteiger partial charge in [-0.2, -0.15) is 0 Å². The van der Waals surface area contributed by atoms with Crippen LogP contribution in [-0.2, 0) is 9.59 Å². The monoisotopic (exact) mass is 402 g/mol. The highest BCUT2D eigenvalue weighted by atomic mass is 35.5. The molecule has 0 saturated carbocycles. The Bertz CT molecular complexity index is 1070. The highest BCUT2D eigenvalue weighted by molar-refractivity contribution is 7.99. The van der Waals surface area contributed by atoms with Gasteiger partial charge in [-0.1, -0.05) is 41.6 Å². The van der Waals surface area contributed by atoms with Crippen molar-refractivity contribution < 1.29 is 9.59 Å². The Labute approximate surface area is 163 Å². The third-order valence-corrected chi connectivity index (χ3v) is 4.70. The lowest BCUT2D eigenvalue weighted by molar-refractivity contribution is -0.126. The topological polar surface area (TPSA) is 93.1 Å². The molecule has 0 bridgehead atoms. The molecule has 0 fully saturated rings. The Morgan fingerprint density at radius 2 is 1.89 bits per heavy atom. The standard InChI is InChI=1S/C18H15ClN4O3S/c1-11(24)21-22-16(25)10-27-18-20-15-8-7-12(19)9-14(15)17(26)23(18)13-5-3-2-4-6-13/h2-9H,10H2,1H3,(H,21,24)(H,22,25). The second-order valence-corrected chi connectivity index (χ2v) is 6.93. The fourth-order valence-electron chi connectivity index (χ4n) is 2.36. The predicted octanol–water partition coefficient (Wildman–Crippen LogP) is 2.30. The summed E-state index contributed by atoms with van der Waals surface area (Å²) in [6, 6.07) is 13.9. The van der Waals surface area contributed by atoms with Crippen molar-refractivity contribution in [3.63, 3.8) is 0 Å². The van der Waals surface area contributed by atoms with Crippen LogP contribution in [-0.4, -0.2) is 27.1 Å². The maximum absolute atomic E-state index is 13.1. The molecule has 0 radical (unpaired) electrons. The molecule has 27 heavy (non-hydrogen) atoms. The van der Waals surface area contributed by atoms with Gasteiger partial charge in [0.15, 0.2) is 5.16 Å². The van der Waals surface area contributed by atoms with Crippen molar-refractivity contribution in [3.05, 3.63) is 63.9 Å². The molecule has 0 saturated heterocycles. The van der Waals surface area contributed by atoms with Crippen LogP contribution in [0.4, 0.5) is 0 Å². The first-order valence-electron chi connectivity index (χ1n) is 7.91. The molecule has 2 amide bonds. The zero-order valence-electron chi connectivity index (χ0n) is 14.2. The molecule has 0 unspecified atom stereocenters. The Morgan fingerprint density at radius 1 is 1.15 bits per heavy atom. The summed E-state index contributed by atoms with van der Waals surface area (Å²) < 4.78 is 1.44. The number of halogens is 1. The number of rotatable bonds is 4. The van der Waals surface area contributed by atoms with Gasteiger partial charge in [0.2, 0.25) is 11.8 Å². The Balaban J connectivity index is 2.02. The van der Waals surface area contributed by atoms with Gasteiger partial charge in [0, 0.05) is 11.9 Å². The summed E-state index contributed by atoms with van der Waals surface area (Å²) >= 11 is 7.11. The number of nitrogens with zero attached hydrogens (tertiary/aromatic N) is 2. The van der Waals surface area contributed by atoms with Gasteiger partial charge in [0.25, 0.3) is 5.56 Å². The molecule has 138 valence electrons. The highest BCUT2D eigenvalue weighted by Gasteiger charge is 2.15. The van der Waals surface area contributed by atoms with Gasteiger partial charge in [-0.3, -0.25) is 29.8 Å². The van der Waals surface area contributed by atoms with Crippen LogP contribution in [0.2, 0.25) is 5.02 Å². The fraction of sp³-hybridized carbons (Fsp3) is 0.111. The number of carbonyl (C=O) groups is 2. The van der Waals surface area contributed by atoms with Gasteiger partial charge in [-0.15, -0.1) is 0 Å². The third-order valence-electron chi connectivity index (χ3n) is 3.52. The van der Waals surface area contributed by atoms with E-state index in [1.54, 1.807) is 30.3 Å². The quantitative estimate of drug-likeness (QED) is 0.397. The predicted molar refractivity (Wildman–Crippen MR) is 105 cm³/mol. The molecular weight excluding hydrogens is 388 g/mol. The Morgan fingerprint density at radius 3 is 2.59 bits per heavy atom. The van der Waals surface area contributed by atoms with E-state index in [0.29, 0.717) is 26.8 Å². The minimum atomic E-state index is -0.416. The van der Waals surface area contributed by atoms with E-state index < -0.39 is 5.91 Å². The first-order valence-corrected chi connectivity index (χ1v) is 9.28. The number of hydrogen-bond acceptors (Lipinski definition) is 5. The summed E-state index contributed by atoms with van der Waals surface area (Å²) in [5, 5.41) is 1.19. The van der Waals surface area contributed by atoms with E-state index in [4.69, 9.17) is 11.6 Å². The molecule has 0 aliphatic rings. The Hall–Kier alpha value is -2.84. The maximum atomic E-state index is 13.1. The van der Waals surface area contributed by atoms with Gasteiger partial charge >= 0.3 is 0 Å². The average molecular weight is 403 g/mol. The van der Waals surface area contributed by atoms with Crippen molar-refractivity contribution in [1.29, 1.82) is 0 Å². The number of para-hydroxylation sites is 1. The summed E-state index contributed by atoms with van der Waals surface area (Å²) in [6.07, 6.45) is 0. The molecule has 1 heterocycles. The van der Waals surface area contributed by atoms with Crippen LogP contribution in [0, 0.1) is 0 Å². The molecule has 7 nitrogen and oxygen atoms in total. The van der Waals surface area contributed by atoms with Crippen molar-refractivity contribution in [1.82, 2.24) is 20.4 Å². The first kappa shape index (κ1) is 18.9. The number of aromatic nitrogens is 2. The average Bonchev–Trinajstić information content (AvgIpc) is 2.66. The second kappa shape index (κ2) is 8.24. The number of carbonyl (C=O) groups excluding carboxylic acids is 2. The minimum Gasteiger partial charge on any atom is -0.274 e. The van der Waals surface area contributed by atoms with Gasteiger partial charge in [-0.25, -0.2) is 4.98 Å². The number of hydrogen-bond donors (Lipinski definition) is 2. The molecule has 3 aromatic rings. The summed E-state index contributed by atoms with van der Waals surface area (Å²) in [4.78, 5) is 40.3. The lowest BCUT2D eigenvalue weighted by Crippen LogP contribution is -2.41. The summed E-state index contributed by atoms with van der Waals surface area (Å²) in [5.74, 6) is -0.825. The van der Waals surface area contributed by atoms with Crippen molar-refractivity contribution in [2.75, 3.05) is 5.75 Å². The molecule has 3 rings (SSSR count). The van der Waals surface area contributed by atoms with Crippen molar-refractivity contribution >= 4 is 46.1 Å². The molecule has 0 aliphatic heterocycles.